The summed E-state index contributed by atoms with van der Waals surface area (Å²) in [5.74, 6) is 3.39. The molecule has 5 heteroatoms. The summed E-state index contributed by atoms with van der Waals surface area (Å²) in [6, 6.07) is 3.38. The minimum atomic E-state index is -0.0922. The number of benzene rings is 1. The average Bonchev–Trinajstić information content (AvgIpc) is 2.38. The fourth-order valence-electron chi connectivity index (χ4n) is 1.46. The van der Waals surface area contributed by atoms with E-state index >= 15 is 0 Å². The molecule has 1 aromatic rings. The Morgan fingerprint density at radius 3 is 2.72 bits per heavy atom. The molecule has 1 rings (SSSR count). The highest BCUT2D eigenvalue weighted by Crippen LogP contribution is 2.37. The highest BCUT2D eigenvalue weighted by atomic mass is 79.9. The highest BCUT2D eigenvalue weighted by molar-refractivity contribution is 9.10. The van der Waals surface area contributed by atoms with E-state index in [1.54, 1.807) is 19.2 Å². The van der Waals surface area contributed by atoms with Gasteiger partial charge in [-0.1, -0.05) is 5.92 Å². The first-order chi connectivity index (χ1) is 8.65. The number of hydrogen-bond acceptors (Lipinski definition) is 4. The molecular formula is C13H14BrNO3. The molecular weight excluding hydrogens is 298 g/mol. The number of halogens is 1. The maximum Gasteiger partial charge on any atom is 0.180 e. The lowest BCUT2D eigenvalue weighted by atomic mass is 10.1. The van der Waals surface area contributed by atoms with Gasteiger partial charge in [-0.3, -0.25) is 10.1 Å². The van der Waals surface area contributed by atoms with Crippen LogP contribution in [0, 0.1) is 12.3 Å². The van der Waals surface area contributed by atoms with Crippen LogP contribution in [0.3, 0.4) is 0 Å². The predicted molar refractivity (Wildman–Crippen MR) is 73.3 cm³/mol. The molecule has 0 radical (unpaired) electrons. The van der Waals surface area contributed by atoms with Gasteiger partial charge in [-0.15, -0.1) is 6.42 Å². The van der Waals surface area contributed by atoms with Crippen LogP contribution in [0.4, 0.5) is 0 Å². The third kappa shape index (κ3) is 3.25. The van der Waals surface area contributed by atoms with Gasteiger partial charge in [-0.05, 0) is 28.1 Å². The zero-order valence-corrected chi connectivity index (χ0v) is 11.8. The Morgan fingerprint density at radius 2 is 2.17 bits per heavy atom. The van der Waals surface area contributed by atoms with Gasteiger partial charge in [0.15, 0.2) is 5.78 Å². The van der Waals surface area contributed by atoms with E-state index in [1.807, 2.05) is 0 Å². The van der Waals surface area contributed by atoms with Crippen LogP contribution in [0.5, 0.6) is 11.5 Å². The summed E-state index contributed by atoms with van der Waals surface area (Å²) in [6.45, 7) is 0.519. The molecule has 0 unspecified atom stereocenters. The molecule has 0 heterocycles. The molecule has 96 valence electrons. The summed E-state index contributed by atoms with van der Waals surface area (Å²) in [7, 11) is 3.06. The van der Waals surface area contributed by atoms with Crippen LogP contribution < -0.4 is 14.8 Å². The number of carbonyl (C=O) groups is 1. The van der Waals surface area contributed by atoms with E-state index in [0.717, 1.165) is 0 Å². The molecule has 0 saturated carbocycles. The van der Waals surface area contributed by atoms with Crippen molar-refractivity contribution in [2.45, 2.75) is 0 Å². The molecule has 0 aliphatic heterocycles. The molecule has 0 bridgehead atoms. The van der Waals surface area contributed by atoms with Crippen LogP contribution in [0.25, 0.3) is 0 Å². The van der Waals surface area contributed by atoms with Gasteiger partial charge in [-0.2, -0.15) is 0 Å². The van der Waals surface area contributed by atoms with E-state index in [2.05, 4.69) is 27.2 Å². The van der Waals surface area contributed by atoms with Crippen molar-refractivity contribution in [2.24, 2.45) is 0 Å². The molecule has 4 nitrogen and oxygen atoms in total. The maximum absolute atomic E-state index is 12.0. The summed E-state index contributed by atoms with van der Waals surface area (Å²) in [5.41, 5.74) is 0.481. The topological polar surface area (TPSA) is 47.6 Å². The summed E-state index contributed by atoms with van der Waals surface area (Å²) in [4.78, 5) is 12.0. The van der Waals surface area contributed by atoms with E-state index in [9.17, 15) is 4.79 Å². The first kappa shape index (κ1) is 14.6. The second-order valence-corrected chi connectivity index (χ2v) is 4.19. The molecule has 0 spiro atoms. The van der Waals surface area contributed by atoms with Crippen molar-refractivity contribution in [1.82, 2.24) is 5.32 Å². The Balaban J connectivity index is 2.99. The lowest BCUT2D eigenvalue weighted by molar-refractivity contribution is 0.0989. The van der Waals surface area contributed by atoms with Crippen LogP contribution in [0.1, 0.15) is 10.4 Å². The summed E-state index contributed by atoms with van der Waals surface area (Å²) < 4.78 is 11.0. The third-order valence-electron chi connectivity index (χ3n) is 2.30. The number of methoxy groups -OCH3 is 2. The molecule has 1 N–H and O–H groups in total. The van der Waals surface area contributed by atoms with Gasteiger partial charge in [-0.25, -0.2) is 0 Å². The molecule has 1 aromatic carbocycles. The number of hydrogen-bond donors (Lipinski definition) is 1. The maximum atomic E-state index is 12.0. The highest BCUT2D eigenvalue weighted by Gasteiger charge is 2.17. The molecule has 0 fully saturated rings. The predicted octanol–water partition coefficient (Wildman–Crippen LogP) is 1.87. The fraction of sp³-hybridized carbons (Fsp3) is 0.308. The Bertz CT molecular complexity index is 480. The van der Waals surface area contributed by atoms with E-state index in [1.165, 1.54) is 7.11 Å². The Kier molecular flexibility index (Phi) is 5.69. The normalized spacial score (nSPS) is 9.67. The van der Waals surface area contributed by atoms with E-state index in [-0.39, 0.29) is 12.3 Å². The molecule has 0 aliphatic rings. The summed E-state index contributed by atoms with van der Waals surface area (Å²) >= 11 is 3.35. The fourth-order valence-corrected chi connectivity index (χ4v) is 2.13. The minimum absolute atomic E-state index is 0.0922. The van der Waals surface area contributed by atoms with E-state index in [4.69, 9.17) is 15.9 Å². The lowest BCUT2D eigenvalue weighted by Crippen LogP contribution is -2.23. The van der Waals surface area contributed by atoms with Crippen molar-refractivity contribution < 1.29 is 14.3 Å². The van der Waals surface area contributed by atoms with Crippen LogP contribution in [0.2, 0.25) is 0 Å². The first-order valence-corrected chi connectivity index (χ1v) is 6.02. The molecule has 0 amide bonds. The second-order valence-electron chi connectivity index (χ2n) is 3.39. The van der Waals surface area contributed by atoms with Gasteiger partial charge in [0, 0.05) is 0 Å². The standard InChI is InChI=1S/C13H14BrNO3/c1-4-7-15-8-10(16)9-5-6-11(17-2)12(14)13(9)18-3/h1,5-6,15H,7-8H2,2-3H3. The quantitative estimate of drug-likeness (QED) is 0.495. The van der Waals surface area contributed by atoms with Crippen molar-refractivity contribution in [1.29, 1.82) is 0 Å². The average molecular weight is 312 g/mol. The molecule has 0 aromatic heterocycles. The van der Waals surface area contributed by atoms with Gasteiger partial charge in [0.25, 0.3) is 0 Å². The van der Waals surface area contributed by atoms with Crippen molar-refractivity contribution >= 4 is 21.7 Å². The number of rotatable bonds is 6. The third-order valence-corrected chi connectivity index (χ3v) is 3.05. The number of ketones is 1. The number of Topliss-reactive ketones (excluding diaryl/α,β-unsaturated/α-hetero) is 1. The number of carbonyl (C=O) groups excluding carboxylic acids is 1. The Labute approximate surface area is 115 Å². The zero-order valence-electron chi connectivity index (χ0n) is 10.2. The van der Waals surface area contributed by atoms with Crippen molar-refractivity contribution in [3.05, 3.63) is 22.2 Å². The van der Waals surface area contributed by atoms with E-state index < -0.39 is 0 Å². The van der Waals surface area contributed by atoms with Crippen LogP contribution in [-0.2, 0) is 0 Å². The van der Waals surface area contributed by atoms with Crippen LogP contribution in [0.15, 0.2) is 16.6 Å². The van der Waals surface area contributed by atoms with Crippen molar-refractivity contribution in [2.75, 3.05) is 27.3 Å². The smallest absolute Gasteiger partial charge is 0.180 e. The molecule has 0 aliphatic carbocycles. The van der Waals surface area contributed by atoms with Gasteiger partial charge in [0.2, 0.25) is 0 Å². The number of nitrogens with one attached hydrogen (secondary N) is 1. The molecule has 0 saturated heterocycles. The van der Waals surface area contributed by atoms with Gasteiger partial charge in [0.05, 0.1) is 32.9 Å². The summed E-state index contributed by atoms with van der Waals surface area (Å²) in [5, 5.41) is 2.84. The first-order valence-electron chi connectivity index (χ1n) is 5.23. The van der Waals surface area contributed by atoms with Gasteiger partial charge < -0.3 is 9.47 Å². The Morgan fingerprint density at radius 1 is 1.44 bits per heavy atom. The Hall–Kier alpha value is -1.51. The van der Waals surface area contributed by atoms with Gasteiger partial charge >= 0.3 is 0 Å². The molecule has 18 heavy (non-hydrogen) atoms. The van der Waals surface area contributed by atoms with E-state index in [0.29, 0.717) is 28.1 Å². The van der Waals surface area contributed by atoms with Crippen molar-refractivity contribution in [3.63, 3.8) is 0 Å². The monoisotopic (exact) mass is 311 g/mol. The molecule has 0 atom stereocenters. The lowest BCUT2D eigenvalue weighted by Gasteiger charge is -2.12. The van der Waals surface area contributed by atoms with Gasteiger partial charge in [0.1, 0.15) is 16.0 Å². The largest absolute Gasteiger partial charge is 0.495 e. The van der Waals surface area contributed by atoms with Crippen molar-refractivity contribution in [3.8, 4) is 23.8 Å². The van der Waals surface area contributed by atoms with Crippen LogP contribution in [-0.4, -0.2) is 33.1 Å². The number of terminal acetylenes is 1. The zero-order chi connectivity index (χ0) is 13.5. The van der Waals surface area contributed by atoms with Crippen LogP contribution >= 0.6 is 15.9 Å². The second kappa shape index (κ2) is 7.04. The summed E-state index contributed by atoms with van der Waals surface area (Å²) in [6.07, 6.45) is 5.10. The number of ether oxygens (including phenoxy) is 2. The minimum Gasteiger partial charge on any atom is -0.495 e. The SMILES string of the molecule is C#CCNCC(=O)c1ccc(OC)c(Br)c1OC.